The van der Waals surface area contributed by atoms with Crippen molar-refractivity contribution in [1.82, 2.24) is 0 Å². The molecule has 2 bridgehead atoms. The summed E-state index contributed by atoms with van der Waals surface area (Å²) in [6, 6.07) is 0. The normalized spacial score (nSPS) is 80.0. The first kappa shape index (κ1) is 5.67. The second-order valence-electron chi connectivity index (χ2n) is 6.36. The van der Waals surface area contributed by atoms with Crippen molar-refractivity contribution in [2.75, 3.05) is 0 Å². The van der Waals surface area contributed by atoms with Gasteiger partial charge < -0.3 is 0 Å². The third-order valence-electron chi connectivity index (χ3n) is 6.65. The molecule has 5 aliphatic carbocycles. The van der Waals surface area contributed by atoms with E-state index in [4.69, 9.17) is 0 Å². The number of fused-ring (bicyclic) bond motifs is 2. The highest BCUT2D eigenvalue weighted by atomic mass is 14.8. The topological polar surface area (TPSA) is 0 Å². The van der Waals surface area contributed by atoms with E-state index in [-0.39, 0.29) is 0 Å². The van der Waals surface area contributed by atoms with Crippen molar-refractivity contribution in [3.05, 3.63) is 0 Å². The third kappa shape index (κ3) is 0.311. The highest BCUT2D eigenvalue weighted by Gasteiger charge is 2.78. The Hall–Kier alpha value is 0. The molecule has 12 heavy (non-hydrogen) atoms. The molecule has 0 aromatic heterocycles. The van der Waals surface area contributed by atoms with E-state index < -0.39 is 0 Å². The van der Waals surface area contributed by atoms with Crippen LogP contribution in [0.1, 0.15) is 32.1 Å². The number of hydrogen-bond acceptors (Lipinski definition) is 0. The highest BCUT2D eigenvalue weighted by Crippen LogP contribution is 2.85. The molecule has 5 aliphatic rings. The van der Waals surface area contributed by atoms with Gasteiger partial charge in [-0.3, -0.25) is 0 Å². The van der Waals surface area contributed by atoms with Gasteiger partial charge in [-0.1, -0.05) is 0 Å². The van der Waals surface area contributed by atoms with Gasteiger partial charge in [-0.2, -0.15) is 0 Å². The Morgan fingerprint density at radius 1 is 0.833 bits per heavy atom. The standard InChI is InChI=1S/C12H16/c1-6-3-10-7-2-9-4-8(1)12(9,5-7)11(6)10/h6-11H,1-5H2. The van der Waals surface area contributed by atoms with Crippen molar-refractivity contribution in [2.45, 2.75) is 32.1 Å². The second-order valence-corrected chi connectivity index (χ2v) is 6.36. The monoisotopic (exact) mass is 160 g/mol. The molecule has 7 atom stereocenters. The van der Waals surface area contributed by atoms with E-state index in [1.165, 1.54) is 35.5 Å². The fraction of sp³-hybridized carbons (Fsp3) is 1.00. The first-order chi connectivity index (χ1) is 5.89. The van der Waals surface area contributed by atoms with Gasteiger partial charge in [0.15, 0.2) is 0 Å². The quantitative estimate of drug-likeness (QED) is 0.511. The Morgan fingerprint density at radius 2 is 1.67 bits per heavy atom. The van der Waals surface area contributed by atoms with E-state index in [0.717, 1.165) is 5.41 Å². The molecular weight excluding hydrogens is 144 g/mol. The fourth-order valence-electron chi connectivity index (χ4n) is 6.56. The van der Waals surface area contributed by atoms with E-state index in [1.54, 1.807) is 32.1 Å². The van der Waals surface area contributed by atoms with Crippen molar-refractivity contribution in [3.8, 4) is 0 Å². The molecule has 0 amide bonds. The van der Waals surface area contributed by atoms with Crippen molar-refractivity contribution < 1.29 is 0 Å². The van der Waals surface area contributed by atoms with E-state index >= 15 is 0 Å². The van der Waals surface area contributed by atoms with Crippen LogP contribution >= 0.6 is 0 Å². The summed E-state index contributed by atoms with van der Waals surface area (Å²) in [4.78, 5) is 0. The molecule has 0 heteroatoms. The summed E-state index contributed by atoms with van der Waals surface area (Å²) >= 11 is 0. The van der Waals surface area contributed by atoms with Gasteiger partial charge in [-0.15, -0.1) is 0 Å². The number of rotatable bonds is 0. The lowest BCUT2D eigenvalue weighted by Crippen LogP contribution is -2.50. The summed E-state index contributed by atoms with van der Waals surface area (Å²) in [6.07, 6.45) is 8.31. The molecule has 0 radical (unpaired) electrons. The summed E-state index contributed by atoms with van der Waals surface area (Å²) in [7, 11) is 0. The summed E-state index contributed by atoms with van der Waals surface area (Å²) in [5, 5.41) is 0. The van der Waals surface area contributed by atoms with Crippen LogP contribution in [0, 0.1) is 40.9 Å². The lowest BCUT2D eigenvalue weighted by Gasteiger charge is -2.56. The van der Waals surface area contributed by atoms with Crippen LogP contribution in [0.15, 0.2) is 0 Å². The van der Waals surface area contributed by atoms with Gasteiger partial charge in [0.2, 0.25) is 0 Å². The van der Waals surface area contributed by atoms with Crippen LogP contribution < -0.4 is 0 Å². The molecule has 64 valence electrons. The Morgan fingerprint density at radius 3 is 2.50 bits per heavy atom. The van der Waals surface area contributed by atoms with E-state index in [9.17, 15) is 0 Å². The smallest absolute Gasteiger partial charge is 0.0204 e. The zero-order valence-electron chi connectivity index (χ0n) is 7.50. The second kappa shape index (κ2) is 1.31. The Bertz CT molecular complexity index is 282. The average Bonchev–Trinajstić information content (AvgIpc) is 2.52. The van der Waals surface area contributed by atoms with Crippen LogP contribution in [0.25, 0.3) is 0 Å². The van der Waals surface area contributed by atoms with Gasteiger partial charge in [0.05, 0.1) is 0 Å². The maximum Gasteiger partial charge on any atom is -0.0204 e. The van der Waals surface area contributed by atoms with Gasteiger partial charge in [-0.05, 0) is 73.0 Å². The van der Waals surface area contributed by atoms with Gasteiger partial charge in [0.1, 0.15) is 0 Å². The molecule has 5 fully saturated rings. The summed E-state index contributed by atoms with van der Waals surface area (Å²) in [5.74, 6) is 7.45. The van der Waals surface area contributed by atoms with Crippen LogP contribution in [0.5, 0.6) is 0 Å². The average molecular weight is 160 g/mol. The van der Waals surface area contributed by atoms with Crippen molar-refractivity contribution in [1.29, 1.82) is 0 Å². The molecule has 5 saturated carbocycles. The molecule has 0 heterocycles. The Kier molecular flexibility index (Phi) is 0.618. The van der Waals surface area contributed by atoms with Gasteiger partial charge in [0.25, 0.3) is 0 Å². The molecule has 0 aliphatic heterocycles. The fourth-order valence-corrected chi connectivity index (χ4v) is 6.56. The Labute approximate surface area is 73.7 Å². The van der Waals surface area contributed by atoms with Crippen molar-refractivity contribution in [2.24, 2.45) is 40.9 Å². The van der Waals surface area contributed by atoms with E-state index in [2.05, 4.69) is 0 Å². The van der Waals surface area contributed by atoms with Crippen LogP contribution in [0.2, 0.25) is 0 Å². The minimum Gasteiger partial charge on any atom is -0.0467 e. The lowest BCUT2D eigenvalue weighted by atomic mass is 9.48. The number of hydrogen-bond donors (Lipinski definition) is 0. The maximum absolute atomic E-state index is 1.69. The predicted octanol–water partition coefficient (Wildman–Crippen LogP) is 2.69. The van der Waals surface area contributed by atoms with E-state index in [1.807, 2.05) is 0 Å². The minimum absolute atomic E-state index is 0.998. The first-order valence-electron chi connectivity index (χ1n) is 5.89. The van der Waals surface area contributed by atoms with Gasteiger partial charge >= 0.3 is 0 Å². The highest BCUT2D eigenvalue weighted by molar-refractivity contribution is 5.26. The van der Waals surface area contributed by atoms with Crippen molar-refractivity contribution in [3.63, 3.8) is 0 Å². The minimum atomic E-state index is 0.998. The summed E-state index contributed by atoms with van der Waals surface area (Å²) in [6.45, 7) is 0. The van der Waals surface area contributed by atoms with Crippen LogP contribution in [-0.2, 0) is 0 Å². The van der Waals surface area contributed by atoms with Crippen molar-refractivity contribution >= 4 is 0 Å². The zero-order valence-corrected chi connectivity index (χ0v) is 7.50. The Balaban J connectivity index is 1.80. The molecule has 1 spiro atoms. The molecule has 0 saturated heterocycles. The van der Waals surface area contributed by atoms with Crippen LogP contribution in [0.3, 0.4) is 0 Å². The molecule has 5 rings (SSSR count). The van der Waals surface area contributed by atoms with E-state index in [0.29, 0.717) is 0 Å². The third-order valence-corrected chi connectivity index (χ3v) is 6.65. The maximum atomic E-state index is 1.69. The van der Waals surface area contributed by atoms with Crippen LogP contribution in [0.4, 0.5) is 0 Å². The SMILES string of the molecule is C1C2CC3CC4CC5CC43C2C15. The molecule has 7 unspecified atom stereocenters. The molecule has 0 aromatic rings. The molecule has 0 nitrogen and oxygen atoms in total. The first-order valence-corrected chi connectivity index (χ1v) is 5.89. The van der Waals surface area contributed by atoms with Crippen LogP contribution in [-0.4, -0.2) is 0 Å². The lowest BCUT2D eigenvalue weighted by molar-refractivity contribution is -0.0845. The largest absolute Gasteiger partial charge is 0.0467 e. The zero-order chi connectivity index (χ0) is 7.50. The van der Waals surface area contributed by atoms with Gasteiger partial charge in [-0.25, -0.2) is 0 Å². The summed E-state index contributed by atoms with van der Waals surface area (Å²) in [5.41, 5.74) is 0.998. The van der Waals surface area contributed by atoms with Gasteiger partial charge in [0, 0.05) is 0 Å². The summed E-state index contributed by atoms with van der Waals surface area (Å²) < 4.78 is 0. The molecule has 0 aromatic carbocycles. The molecule has 0 N–H and O–H groups in total. The predicted molar refractivity (Wildman–Crippen MR) is 46.5 cm³/mol. The molecular formula is C12H16.